The molecule has 6 aromatic rings. The minimum atomic E-state index is -0.846. The molecule has 0 aliphatic heterocycles. The number of thiazole rings is 1. The Labute approximate surface area is 409 Å². The van der Waals surface area contributed by atoms with Gasteiger partial charge in [0.2, 0.25) is 5.13 Å². The van der Waals surface area contributed by atoms with Gasteiger partial charge in [0.1, 0.15) is 11.5 Å². The SMILES string of the molecule is C=CC(=O)OCCCCCCOc1ccc(C(=O)Oc2c(/C=N/Nc3nc4ccccc4s3)c(OC(=O)C(=C)C)c(OC(=O)c3ccc(OCCCCCCOC(=O)C=C)cc3)c3ccccc23)cc1. The second kappa shape index (κ2) is 26.4. The number of benzene rings is 5. The van der Waals surface area contributed by atoms with Gasteiger partial charge in [0, 0.05) is 28.5 Å². The minimum absolute atomic E-state index is 0.0154. The Morgan fingerprint density at radius 2 is 1.09 bits per heavy atom. The molecule has 0 amide bonds. The van der Waals surface area contributed by atoms with E-state index in [9.17, 15) is 24.0 Å². The van der Waals surface area contributed by atoms with E-state index in [0.717, 1.165) is 73.7 Å². The molecule has 0 unspecified atom stereocenters. The molecule has 362 valence electrons. The normalized spacial score (nSPS) is 10.9. The minimum Gasteiger partial charge on any atom is -0.494 e. The summed E-state index contributed by atoms with van der Waals surface area (Å²) < 4.78 is 41.0. The van der Waals surface area contributed by atoms with Gasteiger partial charge in [-0.1, -0.05) is 67.5 Å². The predicted octanol–water partition coefficient (Wildman–Crippen LogP) is 11.2. The number of fused-ring (bicyclic) bond motifs is 2. The standard InChI is InChI=1S/C54H53N3O12S/c1-5-46(58)65-33-17-9-7-15-31-63-39-27-23-37(24-28-39)52(61)67-48-41-19-11-12-20-42(41)49(69-53(62)38-25-29-40(30-26-38)64-32-16-8-10-18-34-66-47(59)6-2)50(68-51(60)36(3)4)43(48)35-55-57-54-56-44-21-13-14-22-45(44)70-54/h5-6,11-14,19-30,35H,1-3,7-10,15-18,31-34H2,4H3,(H,56,57)/b55-35+. The van der Waals surface area contributed by atoms with Gasteiger partial charge < -0.3 is 33.2 Å². The average Bonchev–Trinajstić information content (AvgIpc) is 3.80. The van der Waals surface area contributed by atoms with Crippen LogP contribution >= 0.6 is 11.3 Å². The van der Waals surface area contributed by atoms with E-state index < -0.39 is 29.8 Å². The number of hydrogen-bond acceptors (Lipinski definition) is 16. The molecular weight excluding hydrogens is 915 g/mol. The van der Waals surface area contributed by atoms with Gasteiger partial charge >= 0.3 is 29.8 Å². The highest BCUT2D eigenvalue weighted by Gasteiger charge is 2.28. The number of aromatic nitrogens is 1. The predicted molar refractivity (Wildman–Crippen MR) is 268 cm³/mol. The lowest BCUT2D eigenvalue weighted by atomic mass is 10.0. The van der Waals surface area contributed by atoms with E-state index in [1.165, 1.54) is 24.5 Å². The van der Waals surface area contributed by atoms with Crippen molar-refractivity contribution < 1.29 is 57.1 Å². The molecule has 5 aromatic carbocycles. The van der Waals surface area contributed by atoms with Crippen molar-refractivity contribution in [3.8, 4) is 28.7 Å². The molecule has 1 aromatic heterocycles. The maximum Gasteiger partial charge on any atom is 0.343 e. The quantitative estimate of drug-likeness (QED) is 0.0128. The third kappa shape index (κ3) is 14.9. The molecule has 70 heavy (non-hydrogen) atoms. The second-order valence-electron chi connectivity index (χ2n) is 15.6. The molecule has 0 fully saturated rings. The van der Waals surface area contributed by atoms with Crippen molar-refractivity contribution in [2.24, 2.45) is 5.10 Å². The molecule has 0 saturated carbocycles. The summed E-state index contributed by atoms with van der Waals surface area (Å²) in [7, 11) is 0. The zero-order valence-corrected chi connectivity index (χ0v) is 39.6. The van der Waals surface area contributed by atoms with Crippen molar-refractivity contribution in [3.05, 3.63) is 151 Å². The summed E-state index contributed by atoms with van der Waals surface area (Å²) in [6, 6.07) is 27.1. The van der Waals surface area contributed by atoms with Crippen molar-refractivity contribution in [1.29, 1.82) is 0 Å². The van der Waals surface area contributed by atoms with Crippen molar-refractivity contribution in [3.63, 3.8) is 0 Å². The summed E-state index contributed by atoms with van der Waals surface area (Å²) in [5.74, 6) is -2.62. The van der Waals surface area contributed by atoms with E-state index >= 15 is 0 Å². The number of carbonyl (C=O) groups is 5. The van der Waals surface area contributed by atoms with Gasteiger partial charge in [-0.05, 0) is 119 Å². The number of nitrogens with zero attached hydrogens (tertiary/aromatic N) is 2. The highest BCUT2D eigenvalue weighted by molar-refractivity contribution is 7.22. The summed E-state index contributed by atoms with van der Waals surface area (Å²) in [5.41, 5.74) is 4.06. The van der Waals surface area contributed by atoms with Crippen LogP contribution < -0.4 is 29.1 Å². The molecule has 0 aliphatic carbocycles. The number of para-hydroxylation sites is 1. The fourth-order valence-electron chi connectivity index (χ4n) is 6.69. The fraction of sp³-hybridized carbons (Fsp3) is 0.241. The van der Waals surface area contributed by atoms with Crippen molar-refractivity contribution in [2.45, 2.75) is 58.3 Å². The number of hydrazone groups is 1. The summed E-state index contributed by atoms with van der Waals surface area (Å²) in [6.07, 6.45) is 10.1. The lowest BCUT2D eigenvalue weighted by Crippen LogP contribution is -2.16. The Balaban J connectivity index is 1.24. The summed E-state index contributed by atoms with van der Waals surface area (Å²) >= 11 is 1.36. The number of ether oxygens (including phenoxy) is 7. The molecule has 0 atom stereocenters. The maximum atomic E-state index is 14.0. The van der Waals surface area contributed by atoms with Crippen LogP contribution in [0.15, 0.2) is 140 Å². The van der Waals surface area contributed by atoms with Crippen LogP contribution in [0.4, 0.5) is 5.13 Å². The first-order valence-electron chi connectivity index (χ1n) is 22.6. The summed E-state index contributed by atoms with van der Waals surface area (Å²) in [4.78, 5) is 68.5. The lowest BCUT2D eigenvalue weighted by Gasteiger charge is -2.19. The van der Waals surface area contributed by atoms with Crippen LogP contribution in [0.25, 0.3) is 21.0 Å². The Hall–Kier alpha value is -8.11. The van der Waals surface area contributed by atoms with Crippen LogP contribution in [-0.4, -0.2) is 67.5 Å². The van der Waals surface area contributed by atoms with Crippen molar-refractivity contribution in [1.82, 2.24) is 4.98 Å². The van der Waals surface area contributed by atoms with E-state index in [0.29, 0.717) is 48.4 Å². The van der Waals surface area contributed by atoms with Crippen LogP contribution in [0, 0.1) is 0 Å². The third-order valence-corrected chi connectivity index (χ3v) is 11.3. The molecule has 15 nitrogen and oxygen atoms in total. The highest BCUT2D eigenvalue weighted by atomic mass is 32.1. The van der Waals surface area contributed by atoms with E-state index in [1.54, 1.807) is 72.8 Å². The van der Waals surface area contributed by atoms with Crippen LogP contribution in [-0.2, 0) is 23.9 Å². The van der Waals surface area contributed by atoms with Gasteiger partial charge in [-0.25, -0.2) is 29.0 Å². The number of carbonyl (C=O) groups excluding carboxylic acids is 5. The number of hydrogen-bond donors (Lipinski definition) is 1. The number of rotatable bonds is 27. The zero-order valence-electron chi connectivity index (χ0n) is 38.8. The van der Waals surface area contributed by atoms with Crippen molar-refractivity contribution >= 4 is 73.5 Å². The first-order valence-corrected chi connectivity index (χ1v) is 23.5. The molecule has 1 N–H and O–H groups in total. The maximum absolute atomic E-state index is 14.0. The van der Waals surface area contributed by atoms with E-state index in [1.807, 2.05) is 24.3 Å². The lowest BCUT2D eigenvalue weighted by molar-refractivity contribution is -0.138. The molecule has 0 bridgehead atoms. The first-order chi connectivity index (χ1) is 34.0. The van der Waals surface area contributed by atoms with Crippen LogP contribution in [0.5, 0.6) is 28.7 Å². The van der Waals surface area contributed by atoms with Gasteiger partial charge in [0.15, 0.2) is 17.2 Å². The average molecular weight is 968 g/mol. The van der Waals surface area contributed by atoms with Gasteiger partial charge in [-0.15, -0.1) is 0 Å². The Bertz CT molecular complexity index is 2820. The highest BCUT2D eigenvalue weighted by Crippen LogP contribution is 2.46. The van der Waals surface area contributed by atoms with Gasteiger partial charge in [0.25, 0.3) is 0 Å². The van der Waals surface area contributed by atoms with Crippen LogP contribution in [0.3, 0.4) is 0 Å². The molecule has 1 heterocycles. The molecular formula is C54H53N3O12S. The fourth-order valence-corrected chi connectivity index (χ4v) is 7.51. The molecule has 16 heteroatoms. The summed E-state index contributed by atoms with van der Waals surface area (Å²) in [5, 5.41) is 5.50. The monoisotopic (exact) mass is 967 g/mol. The topological polar surface area (TPSA) is 187 Å². The van der Waals surface area contributed by atoms with Gasteiger partial charge in [0.05, 0.1) is 59.5 Å². The summed E-state index contributed by atoms with van der Waals surface area (Å²) in [6.45, 7) is 13.5. The number of unbranched alkanes of at least 4 members (excludes halogenated alkanes) is 6. The largest absolute Gasteiger partial charge is 0.494 e. The van der Waals surface area contributed by atoms with Crippen molar-refractivity contribution in [2.75, 3.05) is 31.9 Å². The van der Waals surface area contributed by atoms with Gasteiger partial charge in [-0.2, -0.15) is 5.10 Å². The van der Waals surface area contributed by atoms with E-state index in [-0.39, 0.29) is 44.9 Å². The third-order valence-electron chi connectivity index (χ3n) is 10.3. The van der Waals surface area contributed by atoms with Gasteiger partial charge in [-0.3, -0.25) is 5.43 Å². The van der Waals surface area contributed by atoms with Crippen LogP contribution in [0.2, 0.25) is 0 Å². The number of nitrogens with one attached hydrogen (secondary N) is 1. The Kier molecular flexibility index (Phi) is 19.4. The molecule has 0 aliphatic rings. The molecule has 6 rings (SSSR count). The molecule has 0 spiro atoms. The first kappa shape index (κ1) is 51.3. The van der Waals surface area contributed by atoms with E-state index in [4.69, 9.17) is 33.2 Å². The number of anilines is 1. The van der Waals surface area contributed by atoms with Crippen LogP contribution in [0.1, 0.15) is 84.6 Å². The number of esters is 5. The molecule has 0 saturated heterocycles. The Morgan fingerprint density at radius 3 is 1.60 bits per heavy atom. The van der Waals surface area contributed by atoms with E-state index in [2.05, 4.69) is 35.2 Å². The molecule has 0 radical (unpaired) electrons. The smallest absolute Gasteiger partial charge is 0.343 e. The second-order valence-corrected chi connectivity index (χ2v) is 16.6. The zero-order chi connectivity index (χ0) is 49.7. The Morgan fingerprint density at radius 1 is 0.600 bits per heavy atom.